The number of rotatable bonds is 5. The second-order valence-corrected chi connectivity index (χ2v) is 7.92. The van der Waals surface area contributed by atoms with E-state index in [1.54, 1.807) is 6.07 Å². The van der Waals surface area contributed by atoms with E-state index >= 15 is 0 Å². The first-order chi connectivity index (χ1) is 11.5. The van der Waals surface area contributed by atoms with Crippen LogP contribution in [0.1, 0.15) is 14.5 Å². The molecule has 126 valence electrons. The predicted molar refractivity (Wildman–Crippen MR) is 96.7 cm³/mol. The first kappa shape index (κ1) is 17.6. The lowest BCUT2D eigenvalue weighted by molar-refractivity contribution is -0.0487. The molecule has 3 rings (SSSR count). The average Bonchev–Trinajstić information content (AvgIpc) is 3.16. The van der Waals surface area contributed by atoms with Crippen LogP contribution in [0.2, 0.25) is 5.02 Å². The summed E-state index contributed by atoms with van der Waals surface area (Å²) >= 11 is 12.3. The normalized spacial score (nSPS) is 11.2. The highest BCUT2D eigenvalue weighted by atomic mass is 79.9. The van der Waals surface area contributed by atoms with Crippen LogP contribution in [0.25, 0.3) is 10.1 Å². The van der Waals surface area contributed by atoms with Crippen LogP contribution < -0.4 is 10.1 Å². The molecule has 3 nitrogen and oxygen atoms in total. The van der Waals surface area contributed by atoms with Crippen molar-refractivity contribution in [2.75, 3.05) is 0 Å². The summed E-state index contributed by atoms with van der Waals surface area (Å²) in [6, 6.07) is 6.77. The van der Waals surface area contributed by atoms with Crippen LogP contribution in [0, 0.1) is 0 Å². The molecule has 0 fully saturated rings. The van der Waals surface area contributed by atoms with Gasteiger partial charge in [-0.05, 0) is 39.5 Å². The Hall–Kier alpha value is -1.22. The Kier molecular flexibility index (Phi) is 5.39. The van der Waals surface area contributed by atoms with E-state index in [2.05, 4.69) is 26.0 Å². The summed E-state index contributed by atoms with van der Waals surface area (Å²) in [5, 5.41) is 5.10. The van der Waals surface area contributed by atoms with Crippen LogP contribution in [-0.2, 0) is 6.54 Å². The van der Waals surface area contributed by atoms with Gasteiger partial charge in [0.25, 0.3) is 5.91 Å². The number of halogens is 4. The smallest absolute Gasteiger partial charge is 0.387 e. The van der Waals surface area contributed by atoms with Crippen molar-refractivity contribution in [2.45, 2.75) is 13.2 Å². The van der Waals surface area contributed by atoms with Crippen LogP contribution in [0.15, 0.2) is 34.1 Å². The zero-order chi connectivity index (χ0) is 17.3. The summed E-state index contributed by atoms with van der Waals surface area (Å²) in [5.41, 5.74) is 0. The van der Waals surface area contributed by atoms with Gasteiger partial charge in [-0.1, -0.05) is 17.7 Å². The van der Waals surface area contributed by atoms with Gasteiger partial charge in [-0.3, -0.25) is 4.79 Å². The van der Waals surface area contributed by atoms with Crippen molar-refractivity contribution in [3.05, 3.63) is 48.9 Å². The van der Waals surface area contributed by atoms with Crippen LogP contribution in [0.5, 0.6) is 5.75 Å². The fraction of sp³-hybridized carbons (Fsp3) is 0.133. The van der Waals surface area contributed by atoms with E-state index in [9.17, 15) is 13.6 Å². The number of benzene rings is 1. The van der Waals surface area contributed by atoms with Crippen molar-refractivity contribution in [3.8, 4) is 5.75 Å². The Labute approximate surface area is 157 Å². The molecule has 24 heavy (non-hydrogen) atoms. The minimum Gasteiger partial charge on any atom is -0.434 e. The van der Waals surface area contributed by atoms with Crippen LogP contribution in [0.3, 0.4) is 0 Å². The molecule has 9 heteroatoms. The Morgan fingerprint density at radius 3 is 2.83 bits per heavy atom. The zero-order valence-electron chi connectivity index (χ0n) is 11.8. The molecule has 0 aliphatic carbocycles. The summed E-state index contributed by atoms with van der Waals surface area (Å²) in [7, 11) is 0. The molecule has 3 aromatic rings. The van der Waals surface area contributed by atoms with E-state index in [1.165, 1.54) is 17.4 Å². The maximum absolute atomic E-state index is 12.6. The highest BCUT2D eigenvalue weighted by Gasteiger charge is 2.22. The third-order valence-corrected chi connectivity index (χ3v) is 6.63. The molecule has 0 spiro atoms. The molecule has 1 aromatic carbocycles. The third-order valence-electron chi connectivity index (χ3n) is 3.12. The molecule has 1 N–H and O–H groups in total. The van der Waals surface area contributed by atoms with Crippen molar-refractivity contribution < 1.29 is 18.3 Å². The van der Waals surface area contributed by atoms with Gasteiger partial charge in [0.1, 0.15) is 10.6 Å². The van der Waals surface area contributed by atoms with Crippen LogP contribution in [0.4, 0.5) is 8.78 Å². The summed E-state index contributed by atoms with van der Waals surface area (Å²) < 4.78 is 30.9. The molecule has 0 aliphatic rings. The molecule has 0 atom stereocenters. The quantitative estimate of drug-likeness (QED) is 0.522. The van der Waals surface area contributed by atoms with Gasteiger partial charge in [-0.2, -0.15) is 8.78 Å². The van der Waals surface area contributed by atoms with Crippen molar-refractivity contribution in [3.63, 3.8) is 0 Å². The van der Waals surface area contributed by atoms with Gasteiger partial charge >= 0.3 is 6.61 Å². The second kappa shape index (κ2) is 7.35. The Balaban J connectivity index is 1.95. The van der Waals surface area contributed by atoms with E-state index in [-0.39, 0.29) is 21.6 Å². The molecule has 2 heterocycles. The lowest BCUT2D eigenvalue weighted by atomic mass is 10.2. The fourth-order valence-electron chi connectivity index (χ4n) is 2.11. The molecule has 0 bridgehead atoms. The molecule has 2 aromatic heterocycles. The molecule has 0 saturated carbocycles. The van der Waals surface area contributed by atoms with Crippen LogP contribution in [-0.4, -0.2) is 12.5 Å². The van der Waals surface area contributed by atoms with Crippen LogP contribution >= 0.6 is 50.2 Å². The summed E-state index contributed by atoms with van der Waals surface area (Å²) in [6.07, 6.45) is 0. The SMILES string of the molecule is O=C(NCc1cccs1)c1sc2c(Br)ccc(OC(F)F)c2c1Cl. The molecular formula is C15H9BrClF2NO2S2. The minimum atomic E-state index is -2.97. The summed E-state index contributed by atoms with van der Waals surface area (Å²) in [4.78, 5) is 13.7. The number of carbonyl (C=O) groups excluding carboxylic acids is 1. The van der Waals surface area contributed by atoms with Crippen molar-refractivity contribution >= 4 is 66.2 Å². The van der Waals surface area contributed by atoms with Gasteiger partial charge in [0, 0.05) is 9.35 Å². The Bertz CT molecular complexity index is 883. The number of amides is 1. The highest BCUT2D eigenvalue weighted by molar-refractivity contribution is 9.10. The maximum atomic E-state index is 12.6. The first-order valence-electron chi connectivity index (χ1n) is 6.63. The summed E-state index contributed by atoms with van der Waals surface area (Å²) in [6.45, 7) is -2.59. The number of hydrogen-bond donors (Lipinski definition) is 1. The molecular weight excluding hydrogens is 444 g/mol. The van der Waals surface area contributed by atoms with E-state index in [1.807, 2.05) is 17.5 Å². The maximum Gasteiger partial charge on any atom is 0.387 e. The fourth-order valence-corrected chi connectivity index (χ4v) is 4.80. The highest BCUT2D eigenvalue weighted by Crippen LogP contribution is 2.44. The average molecular weight is 453 g/mol. The third kappa shape index (κ3) is 3.56. The predicted octanol–water partition coefficient (Wildman–Crippen LogP) is 5.91. The molecule has 0 radical (unpaired) electrons. The number of carbonyl (C=O) groups is 1. The van der Waals surface area contributed by atoms with Gasteiger partial charge in [0.15, 0.2) is 0 Å². The van der Waals surface area contributed by atoms with Crippen molar-refractivity contribution in [2.24, 2.45) is 0 Å². The van der Waals surface area contributed by atoms with Crippen molar-refractivity contribution in [1.82, 2.24) is 5.32 Å². The van der Waals surface area contributed by atoms with Gasteiger partial charge in [0.05, 0.1) is 21.7 Å². The Morgan fingerprint density at radius 2 is 2.17 bits per heavy atom. The number of hydrogen-bond acceptors (Lipinski definition) is 4. The molecule has 1 amide bonds. The number of alkyl halides is 2. The van der Waals surface area contributed by atoms with Crippen molar-refractivity contribution in [1.29, 1.82) is 0 Å². The largest absolute Gasteiger partial charge is 0.434 e. The summed E-state index contributed by atoms with van der Waals surface area (Å²) in [5.74, 6) is -0.411. The standard InChI is InChI=1S/C15H9BrClF2NO2S2/c16-8-3-4-9(22-15(18)19)10-11(17)13(24-12(8)10)14(21)20-6-7-2-1-5-23-7/h1-5,15H,6H2,(H,20,21). The van der Waals surface area contributed by atoms with E-state index in [4.69, 9.17) is 11.6 Å². The monoisotopic (exact) mass is 451 g/mol. The lowest BCUT2D eigenvalue weighted by Gasteiger charge is -2.07. The second-order valence-electron chi connectivity index (χ2n) is 4.64. The molecule has 0 saturated heterocycles. The van der Waals surface area contributed by atoms with E-state index in [0.717, 1.165) is 16.2 Å². The number of nitrogens with one attached hydrogen (secondary N) is 1. The number of ether oxygens (including phenoxy) is 1. The minimum absolute atomic E-state index is 0.0539. The number of fused-ring (bicyclic) bond motifs is 1. The topological polar surface area (TPSA) is 38.3 Å². The van der Waals surface area contributed by atoms with Gasteiger partial charge in [-0.25, -0.2) is 0 Å². The lowest BCUT2D eigenvalue weighted by Crippen LogP contribution is -2.21. The number of thiophene rings is 2. The molecule has 0 aliphatic heterocycles. The van der Waals surface area contributed by atoms with Gasteiger partial charge < -0.3 is 10.1 Å². The first-order valence-corrected chi connectivity index (χ1v) is 9.50. The van der Waals surface area contributed by atoms with E-state index in [0.29, 0.717) is 21.1 Å². The molecule has 0 unspecified atom stereocenters. The van der Waals surface area contributed by atoms with E-state index < -0.39 is 6.61 Å². The zero-order valence-corrected chi connectivity index (χ0v) is 15.8. The Morgan fingerprint density at radius 1 is 1.38 bits per heavy atom. The van der Waals surface area contributed by atoms with Gasteiger partial charge in [0.2, 0.25) is 0 Å². The van der Waals surface area contributed by atoms with Gasteiger partial charge in [-0.15, -0.1) is 22.7 Å².